The topological polar surface area (TPSA) is 35.6 Å². The van der Waals surface area contributed by atoms with E-state index in [1.807, 2.05) is 6.92 Å². The van der Waals surface area contributed by atoms with Crippen LogP contribution in [0.3, 0.4) is 0 Å². The average molecular weight is 225 g/mol. The molecular weight excluding hydrogens is 202 g/mol. The van der Waals surface area contributed by atoms with Crippen LogP contribution in [0.15, 0.2) is 0 Å². The molecule has 1 unspecified atom stereocenters. The van der Waals surface area contributed by atoms with Crippen LogP contribution in [0.5, 0.6) is 0 Å². The van der Waals surface area contributed by atoms with Crippen LogP contribution < -0.4 is 5.32 Å². The largest absolute Gasteiger partial charge is 0.338 e. The van der Waals surface area contributed by atoms with E-state index in [1.165, 1.54) is 0 Å². The summed E-state index contributed by atoms with van der Waals surface area (Å²) in [6.07, 6.45) is 3.35. The van der Waals surface area contributed by atoms with Gasteiger partial charge in [-0.1, -0.05) is 0 Å². The molecule has 2 fully saturated rings. The first-order chi connectivity index (χ1) is 7.68. The predicted molar refractivity (Wildman–Crippen MR) is 64.3 cm³/mol. The number of amides is 1. The monoisotopic (exact) mass is 225 g/mol. The Kier molecular flexibility index (Phi) is 3.82. The minimum atomic E-state index is 0.00200. The van der Waals surface area contributed by atoms with Crippen molar-refractivity contribution in [1.29, 1.82) is 0 Å². The van der Waals surface area contributed by atoms with Crippen molar-refractivity contribution in [2.75, 3.05) is 33.2 Å². The van der Waals surface area contributed by atoms with Gasteiger partial charge in [0.05, 0.1) is 6.04 Å². The molecule has 0 saturated carbocycles. The van der Waals surface area contributed by atoms with Gasteiger partial charge in [0.2, 0.25) is 5.91 Å². The van der Waals surface area contributed by atoms with Crippen molar-refractivity contribution < 1.29 is 4.79 Å². The standard InChI is InChI=1S/C12H23N3O/c1-10-12(16)15(7-3-6-13-10)11-4-8-14(2)9-5-11/h10-11,13H,3-9H2,1-2H3. The van der Waals surface area contributed by atoms with E-state index < -0.39 is 0 Å². The zero-order valence-corrected chi connectivity index (χ0v) is 10.4. The van der Waals surface area contributed by atoms with E-state index in [-0.39, 0.29) is 6.04 Å². The molecule has 2 rings (SSSR count). The summed E-state index contributed by atoms with van der Waals surface area (Å²) in [5.41, 5.74) is 0. The van der Waals surface area contributed by atoms with E-state index in [1.54, 1.807) is 0 Å². The molecule has 4 heteroatoms. The molecule has 16 heavy (non-hydrogen) atoms. The first-order valence-corrected chi connectivity index (χ1v) is 6.41. The molecule has 1 amide bonds. The Labute approximate surface area is 98.0 Å². The second-order valence-corrected chi connectivity index (χ2v) is 5.10. The van der Waals surface area contributed by atoms with Gasteiger partial charge in [-0.3, -0.25) is 4.79 Å². The number of hydrogen-bond acceptors (Lipinski definition) is 3. The number of carbonyl (C=O) groups excluding carboxylic acids is 1. The second-order valence-electron chi connectivity index (χ2n) is 5.10. The Morgan fingerprint density at radius 3 is 2.62 bits per heavy atom. The normalized spacial score (nSPS) is 30.5. The third kappa shape index (κ3) is 2.55. The van der Waals surface area contributed by atoms with Gasteiger partial charge < -0.3 is 15.1 Å². The third-order valence-electron chi connectivity index (χ3n) is 3.81. The van der Waals surface area contributed by atoms with Crippen molar-refractivity contribution >= 4 is 5.91 Å². The van der Waals surface area contributed by atoms with Crippen LogP contribution in [0.1, 0.15) is 26.2 Å². The van der Waals surface area contributed by atoms with E-state index in [0.29, 0.717) is 11.9 Å². The second kappa shape index (κ2) is 5.15. The fraction of sp³-hybridized carbons (Fsp3) is 0.917. The summed E-state index contributed by atoms with van der Waals surface area (Å²) in [6.45, 7) is 6.13. The Morgan fingerprint density at radius 1 is 1.25 bits per heavy atom. The fourth-order valence-corrected chi connectivity index (χ4v) is 2.68. The lowest BCUT2D eigenvalue weighted by Gasteiger charge is -2.37. The fourth-order valence-electron chi connectivity index (χ4n) is 2.68. The molecular formula is C12H23N3O. The quantitative estimate of drug-likeness (QED) is 0.697. The van der Waals surface area contributed by atoms with E-state index in [4.69, 9.17) is 0 Å². The Balaban J connectivity index is 1.98. The van der Waals surface area contributed by atoms with Crippen LogP contribution in [-0.4, -0.2) is 61.0 Å². The molecule has 0 bridgehead atoms. The predicted octanol–water partition coefficient (Wildman–Crippen LogP) is 0.291. The van der Waals surface area contributed by atoms with Crippen molar-refractivity contribution in [3.63, 3.8) is 0 Å². The van der Waals surface area contributed by atoms with Crippen molar-refractivity contribution in [3.05, 3.63) is 0 Å². The summed E-state index contributed by atoms with van der Waals surface area (Å²) >= 11 is 0. The maximum absolute atomic E-state index is 12.2. The van der Waals surface area contributed by atoms with E-state index in [2.05, 4.69) is 22.2 Å². The van der Waals surface area contributed by atoms with Gasteiger partial charge in [-0.15, -0.1) is 0 Å². The lowest BCUT2D eigenvalue weighted by atomic mass is 10.0. The molecule has 4 nitrogen and oxygen atoms in total. The highest BCUT2D eigenvalue weighted by Crippen LogP contribution is 2.18. The summed E-state index contributed by atoms with van der Waals surface area (Å²) < 4.78 is 0. The minimum Gasteiger partial charge on any atom is -0.338 e. The smallest absolute Gasteiger partial charge is 0.239 e. The molecule has 0 spiro atoms. The Hall–Kier alpha value is -0.610. The van der Waals surface area contributed by atoms with Gasteiger partial charge in [-0.2, -0.15) is 0 Å². The molecule has 92 valence electrons. The van der Waals surface area contributed by atoms with Crippen LogP contribution in [0.4, 0.5) is 0 Å². The number of carbonyl (C=O) groups is 1. The van der Waals surface area contributed by atoms with Gasteiger partial charge in [0.25, 0.3) is 0 Å². The third-order valence-corrected chi connectivity index (χ3v) is 3.81. The first kappa shape index (κ1) is 11.9. The number of nitrogens with zero attached hydrogens (tertiary/aromatic N) is 2. The summed E-state index contributed by atoms with van der Waals surface area (Å²) in [4.78, 5) is 16.6. The summed E-state index contributed by atoms with van der Waals surface area (Å²) in [5.74, 6) is 0.298. The van der Waals surface area contributed by atoms with Crippen LogP contribution >= 0.6 is 0 Å². The average Bonchev–Trinajstić information content (AvgIpc) is 2.44. The summed E-state index contributed by atoms with van der Waals surface area (Å²) in [5, 5.41) is 3.27. The van der Waals surface area contributed by atoms with Crippen LogP contribution in [-0.2, 0) is 4.79 Å². The highest BCUT2D eigenvalue weighted by atomic mass is 16.2. The number of likely N-dealkylation sites (tertiary alicyclic amines) is 1. The molecule has 0 radical (unpaired) electrons. The maximum Gasteiger partial charge on any atom is 0.239 e. The van der Waals surface area contributed by atoms with E-state index >= 15 is 0 Å². The van der Waals surface area contributed by atoms with Crippen LogP contribution in [0.2, 0.25) is 0 Å². The number of rotatable bonds is 1. The molecule has 0 aromatic carbocycles. The van der Waals surface area contributed by atoms with Gasteiger partial charge >= 0.3 is 0 Å². The molecule has 0 aliphatic carbocycles. The maximum atomic E-state index is 12.2. The molecule has 2 aliphatic rings. The highest BCUT2D eigenvalue weighted by molar-refractivity contribution is 5.82. The van der Waals surface area contributed by atoms with Crippen molar-refractivity contribution in [3.8, 4) is 0 Å². The van der Waals surface area contributed by atoms with E-state index in [9.17, 15) is 4.79 Å². The number of piperidine rings is 1. The number of nitrogens with one attached hydrogen (secondary N) is 1. The Bertz CT molecular complexity index is 249. The van der Waals surface area contributed by atoms with Crippen molar-refractivity contribution in [2.45, 2.75) is 38.3 Å². The lowest BCUT2D eigenvalue weighted by Crippen LogP contribution is -2.50. The van der Waals surface area contributed by atoms with Gasteiger partial charge in [-0.25, -0.2) is 0 Å². The van der Waals surface area contributed by atoms with Crippen LogP contribution in [0, 0.1) is 0 Å². The minimum absolute atomic E-state index is 0.00200. The van der Waals surface area contributed by atoms with Gasteiger partial charge in [0, 0.05) is 12.6 Å². The van der Waals surface area contributed by atoms with Crippen molar-refractivity contribution in [1.82, 2.24) is 15.1 Å². The van der Waals surface area contributed by atoms with Crippen molar-refractivity contribution in [2.24, 2.45) is 0 Å². The molecule has 2 saturated heterocycles. The lowest BCUT2D eigenvalue weighted by molar-refractivity contribution is -0.135. The van der Waals surface area contributed by atoms with Crippen LogP contribution in [0.25, 0.3) is 0 Å². The SMILES string of the molecule is CC1NCCCN(C2CCN(C)CC2)C1=O. The first-order valence-electron chi connectivity index (χ1n) is 6.41. The van der Waals surface area contributed by atoms with Gasteiger partial charge in [-0.05, 0) is 52.9 Å². The molecule has 0 aromatic heterocycles. The van der Waals surface area contributed by atoms with Gasteiger partial charge in [0.15, 0.2) is 0 Å². The molecule has 1 atom stereocenters. The molecule has 1 N–H and O–H groups in total. The zero-order chi connectivity index (χ0) is 11.5. The molecule has 2 heterocycles. The van der Waals surface area contributed by atoms with E-state index in [0.717, 1.165) is 45.4 Å². The highest BCUT2D eigenvalue weighted by Gasteiger charge is 2.30. The molecule has 2 aliphatic heterocycles. The van der Waals surface area contributed by atoms with Gasteiger partial charge in [0.1, 0.15) is 0 Å². The molecule has 0 aromatic rings. The summed E-state index contributed by atoms with van der Waals surface area (Å²) in [6, 6.07) is 0.480. The number of hydrogen-bond donors (Lipinski definition) is 1. The summed E-state index contributed by atoms with van der Waals surface area (Å²) in [7, 11) is 2.16. The Morgan fingerprint density at radius 2 is 1.94 bits per heavy atom. The zero-order valence-electron chi connectivity index (χ0n) is 10.4.